The smallest absolute Gasteiger partial charge is 0.119 e. The molecule has 0 aliphatic rings. The number of rotatable bonds is 8. The van der Waals surface area contributed by atoms with Crippen LogP contribution >= 0.6 is 0 Å². The molecule has 0 bridgehead atoms. The van der Waals surface area contributed by atoms with Crippen LogP contribution in [-0.2, 0) is 0 Å². The van der Waals surface area contributed by atoms with E-state index in [2.05, 4.69) is 60.6 Å². The van der Waals surface area contributed by atoms with Gasteiger partial charge in [-0.1, -0.05) is 25.1 Å². The number of para-hydroxylation sites is 1. The van der Waals surface area contributed by atoms with E-state index < -0.39 is 0 Å². The molecule has 0 saturated carbocycles. The number of anilines is 2. The largest absolute Gasteiger partial charge is 0.494 e. The Morgan fingerprint density at radius 1 is 1.00 bits per heavy atom. The van der Waals surface area contributed by atoms with Gasteiger partial charge in [-0.25, -0.2) is 0 Å². The first kappa shape index (κ1) is 15.2. The number of benzene rings is 2. The van der Waals surface area contributed by atoms with E-state index in [1.807, 2.05) is 18.2 Å². The van der Waals surface area contributed by atoms with Crippen molar-refractivity contribution in [2.75, 3.05) is 37.0 Å². The Hall–Kier alpha value is -2.16. The molecule has 0 saturated heterocycles. The molecule has 0 fully saturated rings. The third-order valence-corrected chi connectivity index (χ3v) is 3.30. The first-order chi connectivity index (χ1) is 10.3. The molecule has 2 aromatic rings. The van der Waals surface area contributed by atoms with Crippen molar-refractivity contribution < 1.29 is 4.74 Å². The molecule has 0 aliphatic heterocycles. The molecule has 21 heavy (non-hydrogen) atoms. The van der Waals surface area contributed by atoms with Crippen molar-refractivity contribution in [2.45, 2.75) is 13.3 Å². The molecule has 3 heteroatoms. The van der Waals surface area contributed by atoms with E-state index in [-0.39, 0.29) is 0 Å². The highest BCUT2D eigenvalue weighted by atomic mass is 16.5. The minimum absolute atomic E-state index is 0.772. The molecular weight excluding hydrogens is 260 g/mol. The van der Waals surface area contributed by atoms with Crippen LogP contribution in [0, 0.1) is 0 Å². The molecule has 0 aromatic heterocycles. The van der Waals surface area contributed by atoms with Crippen LogP contribution in [-0.4, -0.2) is 26.7 Å². The molecule has 3 nitrogen and oxygen atoms in total. The SMILES string of the molecule is CCCOc1ccc(NCCN(C)c2ccccc2)cc1. The maximum atomic E-state index is 5.57. The summed E-state index contributed by atoms with van der Waals surface area (Å²) in [6.45, 7) is 4.74. The highest BCUT2D eigenvalue weighted by Crippen LogP contribution is 2.16. The normalized spacial score (nSPS) is 10.2. The predicted octanol–water partition coefficient (Wildman–Crippen LogP) is 4.02. The fourth-order valence-electron chi connectivity index (χ4n) is 2.07. The number of hydrogen-bond acceptors (Lipinski definition) is 3. The van der Waals surface area contributed by atoms with Crippen LogP contribution in [0.4, 0.5) is 11.4 Å². The maximum absolute atomic E-state index is 5.57. The van der Waals surface area contributed by atoms with E-state index in [0.717, 1.165) is 37.6 Å². The lowest BCUT2D eigenvalue weighted by molar-refractivity contribution is 0.317. The van der Waals surface area contributed by atoms with E-state index >= 15 is 0 Å². The second-order valence-corrected chi connectivity index (χ2v) is 5.06. The second-order valence-electron chi connectivity index (χ2n) is 5.06. The highest BCUT2D eigenvalue weighted by Gasteiger charge is 1.99. The Balaban J connectivity index is 1.75. The average molecular weight is 284 g/mol. The third kappa shape index (κ3) is 5.03. The zero-order chi connectivity index (χ0) is 14.9. The van der Waals surface area contributed by atoms with E-state index in [1.54, 1.807) is 0 Å². The number of nitrogens with one attached hydrogen (secondary N) is 1. The van der Waals surface area contributed by atoms with Crippen molar-refractivity contribution in [1.82, 2.24) is 0 Å². The molecule has 0 radical (unpaired) electrons. The molecule has 2 aromatic carbocycles. The van der Waals surface area contributed by atoms with E-state index in [0.29, 0.717) is 0 Å². The molecule has 0 unspecified atom stereocenters. The Labute approximate surface area is 127 Å². The van der Waals surface area contributed by atoms with Gasteiger partial charge < -0.3 is 15.0 Å². The zero-order valence-electron chi connectivity index (χ0n) is 12.9. The van der Waals surface area contributed by atoms with Crippen molar-refractivity contribution in [3.8, 4) is 5.75 Å². The Morgan fingerprint density at radius 2 is 1.71 bits per heavy atom. The first-order valence-electron chi connectivity index (χ1n) is 7.52. The minimum Gasteiger partial charge on any atom is -0.494 e. The minimum atomic E-state index is 0.772. The van der Waals surface area contributed by atoms with E-state index in [4.69, 9.17) is 4.74 Å². The molecule has 0 aliphatic carbocycles. The molecule has 0 heterocycles. The van der Waals surface area contributed by atoms with Gasteiger partial charge in [-0.15, -0.1) is 0 Å². The van der Waals surface area contributed by atoms with Gasteiger partial charge in [-0.3, -0.25) is 0 Å². The lowest BCUT2D eigenvalue weighted by atomic mass is 10.3. The van der Waals surface area contributed by atoms with Crippen molar-refractivity contribution in [1.29, 1.82) is 0 Å². The first-order valence-corrected chi connectivity index (χ1v) is 7.52. The maximum Gasteiger partial charge on any atom is 0.119 e. The lowest BCUT2D eigenvalue weighted by Gasteiger charge is -2.19. The van der Waals surface area contributed by atoms with Gasteiger partial charge in [-0.2, -0.15) is 0 Å². The molecule has 2 rings (SSSR count). The molecule has 0 amide bonds. The van der Waals surface area contributed by atoms with Gasteiger partial charge in [0.25, 0.3) is 0 Å². The van der Waals surface area contributed by atoms with Crippen molar-refractivity contribution in [3.63, 3.8) is 0 Å². The summed E-state index contributed by atoms with van der Waals surface area (Å²) in [7, 11) is 2.11. The summed E-state index contributed by atoms with van der Waals surface area (Å²) >= 11 is 0. The molecule has 112 valence electrons. The van der Waals surface area contributed by atoms with Crippen LogP contribution < -0.4 is 15.0 Å². The highest BCUT2D eigenvalue weighted by molar-refractivity contribution is 5.48. The van der Waals surface area contributed by atoms with Crippen LogP contribution in [0.25, 0.3) is 0 Å². The van der Waals surface area contributed by atoms with Crippen LogP contribution in [0.15, 0.2) is 54.6 Å². The second kappa shape index (κ2) is 8.20. The fourth-order valence-corrected chi connectivity index (χ4v) is 2.07. The summed E-state index contributed by atoms with van der Waals surface area (Å²) in [5.74, 6) is 0.934. The van der Waals surface area contributed by atoms with Crippen molar-refractivity contribution in [3.05, 3.63) is 54.6 Å². The van der Waals surface area contributed by atoms with Gasteiger partial charge >= 0.3 is 0 Å². The van der Waals surface area contributed by atoms with Crippen LogP contribution in [0.3, 0.4) is 0 Å². The summed E-state index contributed by atoms with van der Waals surface area (Å²) in [6.07, 6.45) is 1.03. The van der Waals surface area contributed by atoms with Crippen LogP contribution in [0.1, 0.15) is 13.3 Å². The van der Waals surface area contributed by atoms with Crippen LogP contribution in [0.2, 0.25) is 0 Å². The summed E-state index contributed by atoms with van der Waals surface area (Å²) in [5, 5.41) is 3.43. The van der Waals surface area contributed by atoms with Gasteiger partial charge in [0.1, 0.15) is 5.75 Å². The van der Waals surface area contributed by atoms with Crippen molar-refractivity contribution in [2.24, 2.45) is 0 Å². The van der Waals surface area contributed by atoms with E-state index in [1.165, 1.54) is 5.69 Å². The lowest BCUT2D eigenvalue weighted by Crippen LogP contribution is -2.24. The van der Waals surface area contributed by atoms with Gasteiger partial charge in [-0.05, 0) is 42.8 Å². The zero-order valence-corrected chi connectivity index (χ0v) is 12.9. The number of hydrogen-bond donors (Lipinski definition) is 1. The van der Waals surface area contributed by atoms with Gasteiger partial charge in [0, 0.05) is 31.5 Å². The third-order valence-electron chi connectivity index (χ3n) is 3.30. The topological polar surface area (TPSA) is 24.5 Å². The Bertz CT molecular complexity index is 511. The molecule has 0 atom stereocenters. The van der Waals surface area contributed by atoms with Gasteiger partial charge in [0.15, 0.2) is 0 Å². The Morgan fingerprint density at radius 3 is 2.38 bits per heavy atom. The van der Waals surface area contributed by atoms with E-state index in [9.17, 15) is 0 Å². The molecule has 1 N–H and O–H groups in total. The molecular formula is C18H24N2O. The number of ether oxygens (including phenoxy) is 1. The summed E-state index contributed by atoms with van der Waals surface area (Å²) in [4.78, 5) is 2.24. The standard InChI is InChI=1S/C18H24N2O/c1-3-15-21-18-11-9-16(10-12-18)19-13-14-20(2)17-7-5-4-6-8-17/h4-12,19H,3,13-15H2,1-2H3. The predicted molar refractivity (Wildman–Crippen MR) is 90.4 cm³/mol. The van der Waals surface area contributed by atoms with Crippen molar-refractivity contribution >= 4 is 11.4 Å². The summed E-state index contributed by atoms with van der Waals surface area (Å²) < 4.78 is 5.57. The summed E-state index contributed by atoms with van der Waals surface area (Å²) in [5.41, 5.74) is 2.36. The number of likely N-dealkylation sites (N-methyl/N-ethyl adjacent to an activating group) is 1. The summed E-state index contributed by atoms with van der Waals surface area (Å²) in [6, 6.07) is 18.6. The average Bonchev–Trinajstić information content (AvgIpc) is 2.55. The fraction of sp³-hybridized carbons (Fsp3) is 0.333. The molecule has 0 spiro atoms. The number of nitrogens with zero attached hydrogens (tertiary/aromatic N) is 1. The Kier molecular flexibility index (Phi) is 5.95. The van der Waals surface area contributed by atoms with Gasteiger partial charge in [0.05, 0.1) is 6.61 Å². The monoisotopic (exact) mass is 284 g/mol. The quantitative estimate of drug-likeness (QED) is 0.792. The van der Waals surface area contributed by atoms with Crippen LogP contribution in [0.5, 0.6) is 5.75 Å². The van der Waals surface area contributed by atoms with Gasteiger partial charge in [0.2, 0.25) is 0 Å².